The average Bonchev–Trinajstić information content (AvgIpc) is 2.58. The van der Waals surface area contributed by atoms with Crippen LogP contribution in [0.2, 0.25) is 0 Å². The van der Waals surface area contributed by atoms with E-state index >= 15 is 0 Å². The van der Waals surface area contributed by atoms with E-state index in [0.29, 0.717) is 23.5 Å². The van der Waals surface area contributed by atoms with E-state index < -0.39 is 0 Å². The van der Waals surface area contributed by atoms with Crippen molar-refractivity contribution in [2.45, 2.75) is 25.7 Å². The summed E-state index contributed by atoms with van der Waals surface area (Å²) in [4.78, 5) is 36.2. The number of carbonyl (C=O) groups excluding carboxylic acids is 3. The molecule has 0 aliphatic rings. The Bertz CT molecular complexity index is 801. The molecule has 2 rings (SSSR count). The molecule has 0 spiro atoms. The molecule has 7 heteroatoms. The molecule has 0 radical (unpaired) electrons. The van der Waals surface area contributed by atoms with Crippen LogP contribution in [-0.2, 0) is 9.59 Å². The average molecular weight is 385 g/mol. The van der Waals surface area contributed by atoms with E-state index in [-0.39, 0.29) is 17.7 Å². The molecule has 0 aliphatic carbocycles. The summed E-state index contributed by atoms with van der Waals surface area (Å²) >= 11 is 1.66. The highest BCUT2D eigenvalue weighted by atomic mass is 32.2. The Labute approximate surface area is 163 Å². The summed E-state index contributed by atoms with van der Waals surface area (Å²) in [6.45, 7) is 5.30. The number of hydrogen-bond acceptors (Lipinski definition) is 4. The predicted octanol–water partition coefficient (Wildman–Crippen LogP) is 3.43. The van der Waals surface area contributed by atoms with E-state index in [2.05, 4.69) is 40.2 Å². The molecule has 0 saturated carbocycles. The summed E-state index contributed by atoms with van der Waals surface area (Å²) in [6.07, 6.45) is 0. The highest BCUT2D eigenvalue weighted by molar-refractivity contribution is 7.99. The van der Waals surface area contributed by atoms with E-state index in [4.69, 9.17) is 0 Å². The van der Waals surface area contributed by atoms with Crippen LogP contribution in [-0.4, -0.2) is 30.0 Å². The maximum absolute atomic E-state index is 12.4. The van der Waals surface area contributed by atoms with Gasteiger partial charge in [-0.1, -0.05) is 17.7 Å². The molecule has 3 N–H and O–H groups in total. The molecule has 3 amide bonds. The fourth-order valence-corrected chi connectivity index (χ4v) is 3.15. The normalized spacial score (nSPS) is 10.2. The lowest BCUT2D eigenvalue weighted by Crippen LogP contribution is -2.26. The molecule has 2 aromatic rings. The van der Waals surface area contributed by atoms with Crippen molar-refractivity contribution in [3.8, 4) is 0 Å². The number of anilines is 2. The van der Waals surface area contributed by atoms with E-state index in [1.807, 2.05) is 6.92 Å². The van der Waals surface area contributed by atoms with Gasteiger partial charge in [0.15, 0.2) is 0 Å². The third-order valence-corrected chi connectivity index (χ3v) is 4.53. The van der Waals surface area contributed by atoms with E-state index in [1.165, 1.54) is 19.4 Å². The highest BCUT2D eigenvalue weighted by Gasteiger charge is 2.10. The lowest BCUT2D eigenvalue weighted by molar-refractivity contribution is -0.115. The summed E-state index contributed by atoms with van der Waals surface area (Å²) in [5, 5.41) is 8.12. The minimum Gasteiger partial charge on any atom is -0.351 e. The summed E-state index contributed by atoms with van der Waals surface area (Å²) < 4.78 is 0. The number of hydrogen-bond donors (Lipinski definition) is 3. The predicted molar refractivity (Wildman–Crippen MR) is 109 cm³/mol. The first-order chi connectivity index (χ1) is 12.8. The molecule has 0 atom stereocenters. The van der Waals surface area contributed by atoms with Gasteiger partial charge in [-0.15, -0.1) is 11.8 Å². The molecule has 0 heterocycles. The van der Waals surface area contributed by atoms with Crippen LogP contribution in [0.1, 0.15) is 29.8 Å². The van der Waals surface area contributed by atoms with Crippen LogP contribution in [0.5, 0.6) is 0 Å². The quantitative estimate of drug-likeness (QED) is 0.503. The van der Waals surface area contributed by atoms with Gasteiger partial charge in [0, 0.05) is 48.0 Å². The second-order valence-electron chi connectivity index (χ2n) is 6.08. The van der Waals surface area contributed by atoms with Crippen LogP contribution in [0.3, 0.4) is 0 Å². The van der Waals surface area contributed by atoms with E-state index in [0.717, 1.165) is 10.6 Å². The van der Waals surface area contributed by atoms with Gasteiger partial charge in [-0.05, 0) is 37.3 Å². The molecule has 142 valence electrons. The third-order valence-electron chi connectivity index (χ3n) is 3.51. The van der Waals surface area contributed by atoms with E-state index in [9.17, 15) is 14.4 Å². The van der Waals surface area contributed by atoms with Crippen LogP contribution in [0, 0.1) is 6.92 Å². The standard InChI is InChI=1S/C20H23N3O3S/c1-13-4-6-19(7-5-13)27-9-8-21-20(26)16-10-17(22-14(2)24)12-18(11-16)23-15(3)25/h4-7,10-12H,8-9H2,1-3H3,(H,21,26)(H,22,24)(H,23,25). The van der Waals surface area contributed by atoms with Crippen molar-refractivity contribution in [1.82, 2.24) is 5.32 Å². The lowest BCUT2D eigenvalue weighted by Gasteiger charge is -2.11. The largest absolute Gasteiger partial charge is 0.351 e. The minimum atomic E-state index is -0.265. The lowest BCUT2D eigenvalue weighted by atomic mass is 10.1. The van der Waals surface area contributed by atoms with Gasteiger partial charge in [0.05, 0.1) is 0 Å². The fourth-order valence-electron chi connectivity index (χ4n) is 2.38. The third kappa shape index (κ3) is 7.15. The van der Waals surface area contributed by atoms with Gasteiger partial charge < -0.3 is 16.0 Å². The number of thioether (sulfide) groups is 1. The SMILES string of the molecule is CC(=O)Nc1cc(NC(C)=O)cc(C(=O)NCCSc2ccc(C)cc2)c1. The zero-order valence-electron chi connectivity index (χ0n) is 15.6. The van der Waals surface area contributed by atoms with Gasteiger partial charge in [-0.25, -0.2) is 0 Å². The second-order valence-corrected chi connectivity index (χ2v) is 7.25. The van der Waals surface area contributed by atoms with Crippen LogP contribution in [0.25, 0.3) is 0 Å². The first kappa shape index (κ1) is 20.5. The van der Waals surface area contributed by atoms with Crippen molar-refractivity contribution in [2.24, 2.45) is 0 Å². The van der Waals surface area contributed by atoms with Gasteiger partial charge >= 0.3 is 0 Å². The maximum Gasteiger partial charge on any atom is 0.251 e. The zero-order valence-corrected chi connectivity index (χ0v) is 16.4. The molecule has 2 aromatic carbocycles. The van der Waals surface area contributed by atoms with Crippen LogP contribution >= 0.6 is 11.8 Å². The van der Waals surface area contributed by atoms with Gasteiger partial charge in [0.1, 0.15) is 0 Å². The van der Waals surface area contributed by atoms with Gasteiger partial charge in [-0.3, -0.25) is 14.4 Å². The first-order valence-corrected chi connectivity index (χ1v) is 9.50. The molecule has 0 unspecified atom stereocenters. The number of carbonyl (C=O) groups is 3. The smallest absolute Gasteiger partial charge is 0.251 e. The van der Waals surface area contributed by atoms with Crippen molar-refractivity contribution < 1.29 is 14.4 Å². The molecule has 0 saturated heterocycles. The second kappa shape index (κ2) is 9.78. The fraction of sp³-hybridized carbons (Fsp3) is 0.250. The molecular weight excluding hydrogens is 362 g/mol. The summed E-state index contributed by atoms with van der Waals surface area (Å²) in [5.74, 6) is -0.0383. The Morgan fingerprint density at radius 2 is 1.44 bits per heavy atom. The minimum absolute atomic E-state index is 0.254. The molecule has 0 aromatic heterocycles. The Balaban J connectivity index is 1.97. The van der Waals surface area contributed by atoms with Gasteiger partial charge in [0.2, 0.25) is 11.8 Å². The van der Waals surface area contributed by atoms with Crippen molar-refractivity contribution in [1.29, 1.82) is 0 Å². The number of rotatable bonds is 7. The van der Waals surface area contributed by atoms with Crippen molar-refractivity contribution in [3.05, 3.63) is 53.6 Å². The van der Waals surface area contributed by atoms with Crippen LogP contribution in [0.15, 0.2) is 47.4 Å². The Hall–Kier alpha value is -2.80. The molecule has 0 aliphatic heterocycles. The van der Waals surface area contributed by atoms with Gasteiger partial charge in [0.25, 0.3) is 5.91 Å². The van der Waals surface area contributed by atoms with Crippen LogP contribution in [0.4, 0.5) is 11.4 Å². The molecule has 6 nitrogen and oxygen atoms in total. The number of benzene rings is 2. The Kier molecular flexibility index (Phi) is 7.43. The van der Waals surface area contributed by atoms with Crippen molar-refractivity contribution >= 4 is 40.9 Å². The topological polar surface area (TPSA) is 87.3 Å². The number of aryl methyl sites for hydroxylation is 1. The summed E-state index contributed by atoms with van der Waals surface area (Å²) in [6, 6.07) is 13.0. The van der Waals surface area contributed by atoms with Gasteiger partial charge in [-0.2, -0.15) is 0 Å². The molecule has 27 heavy (non-hydrogen) atoms. The zero-order chi connectivity index (χ0) is 19.8. The molecular formula is C20H23N3O3S. The summed E-state index contributed by atoms with van der Waals surface area (Å²) in [5.41, 5.74) is 2.48. The van der Waals surface area contributed by atoms with Crippen molar-refractivity contribution in [2.75, 3.05) is 22.9 Å². The number of amides is 3. The maximum atomic E-state index is 12.4. The monoisotopic (exact) mass is 385 g/mol. The number of nitrogens with one attached hydrogen (secondary N) is 3. The molecule has 0 fully saturated rings. The first-order valence-electron chi connectivity index (χ1n) is 8.51. The van der Waals surface area contributed by atoms with E-state index in [1.54, 1.807) is 30.0 Å². The van der Waals surface area contributed by atoms with Crippen LogP contribution < -0.4 is 16.0 Å². The van der Waals surface area contributed by atoms with Crippen molar-refractivity contribution in [3.63, 3.8) is 0 Å². The highest BCUT2D eigenvalue weighted by Crippen LogP contribution is 2.20. The Morgan fingerprint density at radius 3 is 1.96 bits per heavy atom. The summed E-state index contributed by atoms with van der Waals surface area (Å²) in [7, 11) is 0. The molecule has 0 bridgehead atoms. The Morgan fingerprint density at radius 1 is 0.889 bits per heavy atom.